The largest absolute Gasteiger partial charge is 0.433 e. The first-order valence-corrected chi connectivity index (χ1v) is 13.9. The van der Waals surface area contributed by atoms with Crippen LogP contribution in [0.3, 0.4) is 0 Å². The normalized spacial score (nSPS) is 18.2. The van der Waals surface area contributed by atoms with E-state index in [1.165, 1.54) is 16.7 Å². The number of alkyl carbamates (subject to hydrolysis) is 1. The van der Waals surface area contributed by atoms with Crippen LogP contribution in [0.2, 0.25) is 0 Å². The number of hydrogen-bond donors (Lipinski definition) is 3. The van der Waals surface area contributed by atoms with Crippen LogP contribution in [0.25, 0.3) is 0 Å². The molecule has 8 nitrogen and oxygen atoms in total. The molecule has 0 bridgehead atoms. The van der Waals surface area contributed by atoms with Gasteiger partial charge in [-0.15, -0.1) is 17.7 Å². The highest BCUT2D eigenvalue weighted by Gasteiger charge is 2.49. The quantitative estimate of drug-likeness (QED) is 0.413. The summed E-state index contributed by atoms with van der Waals surface area (Å²) in [5, 5.41) is 16.9. The first-order valence-electron chi connectivity index (χ1n) is 12.9. The van der Waals surface area contributed by atoms with Gasteiger partial charge in [0.15, 0.2) is 12.2 Å². The summed E-state index contributed by atoms with van der Waals surface area (Å²) < 4.78 is 4.68. The van der Waals surface area contributed by atoms with Gasteiger partial charge in [0, 0.05) is 11.3 Å². The Morgan fingerprint density at radius 3 is 2.49 bits per heavy atom. The molecule has 4 unspecified atom stereocenters. The summed E-state index contributed by atoms with van der Waals surface area (Å²) >= 11 is 1.46. The number of ether oxygens (including phenoxy) is 1. The Hall–Kier alpha value is -3.48. The van der Waals surface area contributed by atoms with Gasteiger partial charge >= 0.3 is 6.09 Å². The minimum Gasteiger partial charge on any atom is -0.433 e. The highest BCUT2D eigenvalue weighted by molar-refractivity contribution is 8.00. The minimum absolute atomic E-state index is 0.186. The van der Waals surface area contributed by atoms with Gasteiger partial charge in [0.05, 0.1) is 11.9 Å². The van der Waals surface area contributed by atoms with Gasteiger partial charge in [-0.1, -0.05) is 60.5 Å². The van der Waals surface area contributed by atoms with E-state index in [2.05, 4.69) is 22.5 Å². The third-order valence-electron chi connectivity index (χ3n) is 6.66. The molecule has 3 rings (SSSR count). The molecule has 0 aromatic heterocycles. The molecule has 2 aromatic carbocycles. The number of rotatable bonds is 9. The first-order chi connectivity index (χ1) is 18.5. The van der Waals surface area contributed by atoms with Gasteiger partial charge in [0.2, 0.25) is 5.91 Å². The number of thioether (sulfide) groups is 1. The lowest BCUT2D eigenvalue weighted by atomic mass is 9.97. The van der Waals surface area contributed by atoms with Crippen molar-refractivity contribution >= 4 is 29.7 Å². The summed E-state index contributed by atoms with van der Waals surface area (Å²) in [5.74, 6) is 4.72. The van der Waals surface area contributed by atoms with Crippen LogP contribution >= 0.6 is 11.8 Å². The van der Waals surface area contributed by atoms with Crippen molar-refractivity contribution in [3.8, 4) is 11.8 Å². The number of carbonyl (C=O) groups is 3. The van der Waals surface area contributed by atoms with Crippen molar-refractivity contribution in [1.29, 1.82) is 0 Å². The van der Waals surface area contributed by atoms with E-state index in [9.17, 15) is 19.5 Å². The Kier molecular flexibility index (Phi) is 10.4. The Labute approximate surface area is 234 Å². The highest BCUT2D eigenvalue weighted by atomic mass is 32.2. The number of aliphatic hydroxyl groups excluding tert-OH is 1. The van der Waals surface area contributed by atoms with Gasteiger partial charge < -0.3 is 25.4 Å². The van der Waals surface area contributed by atoms with Crippen molar-refractivity contribution in [2.45, 2.75) is 76.6 Å². The average molecular weight is 552 g/mol. The molecule has 1 aliphatic heterocycles. The number of hydrogen-bond acceptors (Lipinski definition) is 6. The van der Waals surface area contributed by atoms with E-state index in [1.54, 1.807) is 13.8 Å². The smallest absolute Gasteiger partial charge is 0.408 e. The molecule has 0 saturated carbocycles. The fourth-order valence-corrected chi connectivity index (χ4v) is 5.67. The van der Waals surface area contributed by atoms with Crippen LogP contribution in [0.4, 0.5) is 4.79 Å². The summed E-state index contributed by atoms with van der Waals surface area (Å²) in [7, 11) is 0. The van der Waals surface area contributed by atoms with Gasteiger partial charge in [-0.2, -0.15) is 0 Å². The monoisotopic (exact) mass is 551 g/mol. The summed E-state index contributed by atoms with van der Waals surface area (Å²) in [4.78, 5) is 41.1. The Morgan fingerprint density at radius 2 is 1.82 bits per heavy atom. The number of amides is 3. The van der Waals surface area contributed by atoms with Crippen LogP contribution in [0, 0.1) is 18.8 Å². The molecule has 0 aliphatic carbocycles. The Balaban J connectivity index is 1.78. The Morgan fingerprint density at radius 1 is 1.15 bits per heavy atom. The predicted molar refractivity (Wildman–Crippen MR) is 153 cm³/mol. The van der Waals surface area contributed by atoms with Crippen molar-refractivity contribution in [3.63, 3.8) is 0 Å². The van der Waals surface area contributed by atoms with E-state index in [-0.39, 0.29) is 18.2 Å². The number of carbonyl (C=O) groups excluding carboxylic acids is 3. The number of benzene rings is 2. The first kappa shape index (κ1) is 30.1. The fourth-order valence-electron chi connectivity index (χ4n) is 4.53. The van der Waals surface area contributed by atoms with E-state index in [0.717, 1.165) is 16.7 Å². The maximum Gasteiger partial charge on any atom is 0.408 e. The second kappa shape index (κ2) is 13.5. The second-order valence-electron chi connectivity index (χ2n) is 10.1. The van der Waals surface area contributed by atoms with E-state index in [4.69, 9.17) is 4.74 Å². The third kappa shape index (κ3) is 8.01. The van der Waals surface area contributed by atoms with Gasteiger partial charge in [-0.25, -0.2) is 4.79 Å². The van der Waals surface area contributed by atoms with Crippen molar-refractivity contribution in [2.24, 2.45) is 0 Å². The molecule has 208 valence electrons. The summed E-state index contributed by atoms with van der Waals surface area (Å²) in [6.07, 6.45) is -2.86. The highest BCUT2D eigenvalue weighted by Crippen LogP contribution is 2.40. The number of aryl methyl sites for hydroxylation is 1. The van der Waals surface area contributed by atoms with Gasteiger partial charge in [-0.05, 0) is 57.7 Å². The molecule has 2 aromatic rings. The zero-order valence-corrected chi connectivity index (χ0v) is 23.9. The van der Waals surface area contributed by atoms with Crippen LogP contribution in [0.5, 0.6) is 0 Å². The van der Waals surface area contributed by atoms with E-state index in [1.807, 2.05) is 75.4 Å². The number of nitrogens with one attached hydrogen (secondary N) is 2. The molecule has 39 heavy (non-hydrogen) atoms. The molecule has 3 amide bonds. The standard InChI is InChI=1S/C30H37N3O5S/c1-6-12-21(3)38-29(37)32-24(17-22-14-8-7-9-15-22)25(34)28(36)33-19-39-30(4,5)26(33)27(35)31-18-23-16-11-10-13-20(23)2/h7-11,13-16,21,24-26,34H,17-19H2,1-5H3,(H,31,35)(H,32,37). The SMILES string of the molecule is CC#CC(C)OC(=O)NC(Cc1ccccc1)C(O)C(=O)N1CSC(C)(C)C1C(=O)NCc1ccccc1C. The molecular formula is C30H37N3O5S. The molecule has 1 fully saturated rings. The number of nitrogens with zero attached hydrogens (tertiary/aromatic N) is 1. The lowest BCUT2D eigenvalue weighted by Gasteiger charge is -2.33. The predicted octanol–water partition coefficient (Wildman–Crippen LogP) is 3.40. The van der Waals surface area contributed by atoms with Crippen LogP contribution in [0.15, 0.2) is 54.6 Å². The van der Waals surface area contributed by atoms with E-state index < -0.39 is 41.0 Å². The molecular weight excluding hydrogens is 514 g/mol. The maximum atomic E-state index is 13.7. The lowest BCUT2D eigenvalue weighted by Crippen LogP contribution is -2.58. The molecule has 1 saturated heterocycles. The van der Waals surface area contributed by atoms with Gasteiger partial charge in [0.1, 0.15) is 6.04 Å². The summed E-state index contributed by atoms with van der Waals surface area (Å²) in [5.41, 5.74) is 2.86. The van der Waals surface area contributed by atoms with Crippen molar-refractivity contribution in [2.75, 3.05) is 5.88 Å². The van der Waals surface area contributed by atoms with Crippen LogP contribution < -0.4 is 10.6 Å². The molecule has 9 heteroatoms. The van der Waals surface area contributed by atoms with Crippen LogP contribution in [0.1, 0.15) is 44.4 Å². The van der Waals surface area contributed by atoms with Crippen molar-refractivity contribution < 1.29 is 24.2 Å². The minimum atomic E-state index is -1.61. The Bertz CT molecular complexity index is 1220. The fraction of sp³-hybridized carbons (Fsp3) is 0.433. The summed E-state index contributed by atoms with van der Waals surface area (Å²) in [6, 6.07) is 15.2. The molecule has 4 atom stereocenters. The topological polar surface area (TPSA) is 108 Å². The van der Waals surface area contributed by atoms with Crippen LogP contribution in [-0.2, 0) is 27.3 Å². The van der Waals surface area contributed by atoms with Gasteiger partial charge in [-0.3, -0.25) is 9.59 Å². The third-order valence-corrected chi connectivity index (χ3v) is 8.03. The van der Waals surface area contributed by atoms with Crippen molar-refractivity contribution in [1.82, 2.24) is 15.5 Å². The zero-order chi connectivity index (χ0) is 28.6. The number of aliphatic hydroxyl groups is 1. The molecule has 1 aliphatic rings. The maximum absolute atomic E-state index is 13.7. The average Bonchev–Trinajstić information content (AvgIpc) is 3.22. The van der Waals surface area contributed by atoms with Crippen LogP contribution in [-0.4, -0.2) is 62.8 Å². The molecule has 0 radical (unpaired) electrons. The molecule has 3 N–H and O–H groups in total. The summed E-state index contributed by atoms with van der Waals surface area (Å²) in [6.45, 7) is 9.39. The second-order valence-corrected chi connectivity index (χ2v) is 11.7. The molecule has 1 heterocycles. The van der Waals surface area contributed by atoms with E-state index >= 15 is 0 Å². The zero-order valence-electron chi connectivity index (χ0n) is 23.1. The molecule has 0 spiro atoms. The van der Waals surface area contributed by atoms with Gasteiger partial charge in [0.25, 0.3) is 5.91 Å². The van der Waals surface area contributed by atoms with E-state index in [0.29, 0.717) is 6.54 Å². The lowest BCUT2D eigenvalue weighted by molar-refractivity contribution is -0.147. The van der Waals surface area contributed by atoms with Crippen molar-refractivity contribution in [3.05, 3.63) is 71.3 Å².